The molecule has 0 saturated heterocycles. The molecular weight excluding hydrogens is 224 g/mol. The van der Waals surface area contributed by atoms with E-state index in [2.05, 4.69) is 0 Å². The summed E-state index contributed by atoms with van der Waals surface area (Å²) in [6.07, 6.45) is 0. The van der Waals surface area contributed by atoms with E-state index in [9.17, 15) is 0 Å². The van der Waals surface area contributed by atoms with Crippen molar-refractivity contribution in [2.45, 2.75) is 6.92 Å². The Morgan fingerprint density at radius 3 is 2.62 bits per heavy atom. The van der Waals surface area contributed by atoms with Crippen molar-refractivity contribution in [3.63, 3.8) is 0 Å². The van der Waals surface area contributed by atoms with Crippen molar-refractivity contribution in [3.05, 3.63) is 41.1 Å². The van der Waals surface area contributed by atoms with Crippen LogP contribution >= 0.6 is 11.6 Å². The Bertz CT molecular complexity index is 507. The van der Waals surface area contributed by atoms with E-state index < -0.39 is 0 Å². The molecule has 84 valence electrons. The number of rotatable bonds is 2. The molecule has 0 saturated carbocycles. The average Bonchev–Trinajstić information content (AvgIpc) is 2.67. The SMILES string of the molecule is Cc1ccc(N(C)c2cc(Cl)ccc2N)o1. The van der Waals surface area contributed by atoms with E-state index in [-0.39, 0.29) is 0 Å². The number of nitrogens with zero attached hydrogens (tertiary/aromatic N) is 1. The molecule has 0 aliphatic carbocycles. The Hall–Kier alpha value is -1.61. The molecule has 1 aromatic heterocycles. The molecule has 0 spiro atoms. The van der Waals surface area contributed by atoms with Gasteiger partial charge in [-0.1, -0.05) is 11.6 Å². The summed E-state index contributed by atoms with van der Waals surface area (Å²) in [5, 5.41) is 0.652. The van der Waals surface area contributed by atoms with Gasteiger partial charge >= 0.3 is 0 Å². The molecule has 0 fully saturated rings. The molecule has 16 heavy (non-hydrogen) atoms. The Kier molecular flexibility index (Phi) is 2.79. The van der Waals surface area contributed by atoms with Crippen molar-refractivity contribution in [1.82, 2.24) is 0 Å². The van der Waals surface area contributed by atoms with E-state index in [0.29, 0.717) is 10.7 Å². The predicted octanol–water partition coefficient (Wildman–Crippen LogP) is 3.59. The van der Waals surface area contributed by atoms with Crippen LogP contribution < -0.4 is 10.6 Å². The second kappa shape index (κ2) is 4.10. The molecule has 2 rings (SSSR count). The molecule has 1 aromatic carbocycles. The minimum atomic E-state index is 0.652. The van der Waals surface area contributed by atoms with Crippen molar-refractivity contribution in [3.8, 4) is 0 Å². The molecule has 4 heteroatoms. The van der Waals surface area contributed by atoms with Crippen LogP contribution in [0.4, 0.5) is 17.3 Å². The van der Waals surface area contributed by atoms with Crippen LogP contribution in [-0.4, -0.2) is 7.05 Å². The van der Waals surface area contributed by atoms with Gasteiger partial charge in [-0.3, -0.25) is 0 Å². The molecule has 2 N–H and O–H groups in total. The number of hydrogen-bond donors (Lipinski definition) is 1. The number of benzene rings is 1. The fourth-order valence-electron chi connectivity index (χ4n) is 1.53. The summed E-state index contributed by atoms with van der Waals surface area (Å²) >= 11 is 5.94. The van der Waals surface area contributed by atoms with Gasteiger partial charge < -0.3 is 15.1 Å². The Balaban J connectivity index is 2.40. The van der Waals surface area contributed by atoms with E-state index >= 15 is 0 Å². The van der Waals surface area contributed by atoms with Crippen molar-refractivity contribution < 1.29 is 4.42 Å². The van der Waals surface area contributed by atoms with E-state index in [4.69, 9.17) is 21.8 Å². The van der Waals surface area contributed by atoms with Crippen LogP contribution in [0.2, 0.25) is 5.02 Å². The van der Waals surface area contributed by atoms with Gasteiger partial charge in [-0.25, -0.2) is 0 Å². The van der Waals surface area contributed by atoms with Crippen LogP contribution in [-0.2, 0) is 0 Å². The van der Waals surface area contributed by atoms with Gasteiger partial charge in [0.15, 0.2) is 5.88 Å². The average molecular weight is 237 g/mol. The highest BCUT2D eigenvalue weighted by molar-refractivity contribution is 6.31. The molecule has 2 aromatic rings. The largest absolute Gasteiger partial charge is 0.446 e. The third-order valence-corrected chi connectivity index (χ3v) is 2.65. The smallest absolute Gasteiger partial charge is 0.199 e. The van der Waals surface area contributed by atoms with Crippen LogP contribution in [0.15, 0.2) is 34.7 Å². The molecule has 0 unspecified atom stereocenters. The predicted molar refractivity (Wildman–Crippen MR) is 67.4 cm³/mol. The molecule has 0 bridgehead atoms. The molecule has 0 aliphatic rings. The summed E-state index contributed by atoms with van der Waals surface area (Å²) in [5.74, 6) is 1.61. The van der Waals surface area contributed by atoms with E-state index in [1.54, 1.807) is 12.1 Å². The van der Waals surface area contributed by atoms with Gasteiger partial charge in [0.25, 0.3) is 0 Å². The molecule has 0 atom stereocenters. The van der Waals surface area contributed by atoms with Crippen LogP contribution in [0, 0.1) is 6.92 Å². The highest BCUT2D eigenvalue weighted by atomic mass is 35.5. The van der Waals surface area contributed by atoms with Crippen LogP contribution in [0.5, 0.6) is 0 Å². The van der Waals surface area contributed by atoms with Gasteiger partial charge in [-0.15, -0.1) is 0 Å². The fraction of sp³-hybridized carbons (Fsp3) is 0.167. The zero-order chi connectivity index (χ0) is 11.7. The summed E-state index contributed by atoms with van der Waals surface area (Å²) < 4.78 is 5.52. The van der Waals surface area contributed by atoms with Crippen LogP contribution in [0.25, 0.3) is 0 Å². The lowest BCUT2D eigenvalue weighted by atomic mass is 10.2. The molecule has 0 aliphatic heterocycles. The van der Waals surface area contributed by atoms with Crippen molar-refractivity contribution in [2.24, 2.45) is 0 Å². The molecule has 3 nitrogen and oxygen atoms in total. The summed E-state index contributed by atoms with van der Waals surface area (Å²) in [6, 6.07) is 9.17. The van der Waals surface area contributed by atoms with E-state index in [1.165, 1.54) is 0 Å². The minimum Gasteiger partial charge on any atom is -0.446 e. The second-order valence-corrected chi connectivity index (χ2v) is 4.08. The highest BCUT2D eigenvalue weighted by Crippen LogP contribution is 2.32. The topological polar surface area (TPSA) is 42.4 Å². The van der Waals surface area contributed by atoms with Gasteiger partial charge in [0, 0.05) is 18.1 Å². The lowest BCUT2D eigenvalue weighted by Gasteiger charge is -2.18. The van der Waals surface area contributed by atoms with E-state index in [0.717, 1.165) is 17.3 Å². The standard InChI is InChI=1S/C12H13ClN2O/c1-8-3-6-12(16-8)15(2)11-7-9(13)4-5-10(11)14/h3-7H,14H2,1-2H3. The summed E-state index contributed by atoms with van der Waals surface area (Å²) in [6.45, 7) is 1.90. The number of aryl methyl sites for hydroxylation is 1. The number of furan rings is 1. The summed E-state index contributed by atoms with van der Waals surface area (Å²) in [7, 11) is 1.89. The quantitative estimate of drug-likeness (QED) is 0.811. The second-order valence-electron chi connectivity index (χ2n) is 3.65. The lowest BCUT2D eigenvalue weighted by Crippen LogP contribution is -2.10. The van der Waals surface area contributed by atoms with Crippen LogP contribution in [0.3, 0.4) is 0 Å². The molecule has 1 heterocycles. The number of hydrogen-bond acceptors (Lipinski definition) is 3. The number of nitrogen functional groups attached to an aromatic ring is 1. The maximum atomic E-state index is 5.94. The molecule has 0 radical (unpaired) electrons. The zero-order valence-corrected chi connectivity index (χ0v) is 9.95. The number of nitrogens with two attached hydrogens (primary N) is 1. The number of anilines is 3. The Morgan fingerprint density at radius 2 is 2.00 bits per heavy atom. The summed E-state index contributed by atoms with van der Waals surface area (Å²) in [5.41, 5.74) is 7.40. The first-order chi connectivity index (χ1) is 7.58. The maximum Gasteiger partial charge on any atom is 0.199 e. The summed E-state index contributed by atoms with van der Waals surface area (Å²) in [4.78, 5) is 1.87. The maximum absolute atomic E-state index is 5.94. The normalized spacial score (nSPS) is 10.4. The van der Waals surface area contributed by atoms with Gasteiger partial charge in [-0.05, 0) is 31.2 Å². The Labute approximate surface area is 99.4 Å². The fourth-order valence-corrected chi connectivity index (χ4v) is 1.69. The third-order valence-electron chi connectivity index (χ3n) is 2.41. The van der Waals surface area contributed by atoms with Crippen molar-refractivity contribution in [1.29, 1.82) is 0 Å². The Morgan fingerprint density at radius 1 is 1.25 bits per heavy atom. The van der Waals surface area contributed by atoms with E-state index in [1.807, 2.05) is 37.1 Å². The molecular formula is C12H13ClN2O. The third kappa shape index (κ3) is 1.99. The monoisotopic (exact) mass is 236 g/mol. The first-order valence-corrected chi connectivity index (χ1v) is 5.31. The zero-order valence-electron chi connectivity index (χ0n) is 9.20. The number of halogens is 1. The first kappa shape index (κ1) is 10.9. The highest BCUT2D eigenvalue weighted by Gasteiger charge is 2.11. The van der Waals surface area contributed by atoms with Gasteiger partial charge in [-0.2, -0.15) is 0 Å². The van der Waals surface area contributed by atoms with Gasteiger partial charge in [0.1, 0.15) is 5.76 Å². The van der Waals surface area contributed by atoms with Gasteiger partial charge in [0.05, 0.1) is 11.4 Å². The van der Waals surface area contributed by atoms with Gasteiger partial charge in [0.2, 0.25) is 0 Å². The first-order valence-electron chi connectivity index (χ1n) is 4.93. The van der Waals surface area contributed by atoms with Crippen molar-refractivity contribution >= 4 is 28.9 Å². The lowest BCUT2D eigenvalue weighted by molar-refractivity contribution is 0.538. The van der Waals surface area contributed by atoms with Crippen LogP contribution in [0.1, 0.15) is 5.76 Å². The molecule has 0 amide bonds. The van der Waals surface area contributed by atoms with Crippen molar-refractivity contribution in [2.75, 3.05) is 17.7 Å². The minimum absolute atomic E-state index is 0.652.